The van der Waals surface area contributed by atoms with E-state index in [0.717, 1.165) is 16.6 Å². The number of carbonyl (C=O) groups is 1. The molecule has 0 bridgehead atoms. The second-order valence-electron chi connectivity index (χ2n) is 4.49. The van der Waals surface area contributed by atoms with Crippen molar-refractivity contribution in [3.63, 3.8) is 0 Å². The number of primary amides is 1. The van der Waals surface area contributed by atoms with Gasteiger partial charge in [0.1, 0.15) is 11.5 Å². The number of halogens is 1. The van der Waals surface area contributed by atoms with Crippen molar-refractivity contribution in [2.24, 2.45) is 5.73 Å². The van der Waals surface area contributed by atoms with Crippen molar-refractivity contribution in [3.05, 3.63) is 58.1 Å². The molecular weight excluding hydrogens is 332 g/mol. The number of rotatable bonds is 6. The molecule has 110 valence electrons. The van der Waals surface area contributed by atoms with Gasteiger partial charge >= 0.3 is 0 Å². The molecule has 0 heterocycles. The smallest absolute Gasteiger partial charge is 0.252 e. The van der Waals surface area contributed by atoms with E-state index < -0.39 is 5.91 Å². The predicted molar refractivity (Wildman–Crippen MR) is 86.6 cm³/mol. The number of nitrogens with two attached hydrogens (primary N) is 1. The lowest BCUT2D eigenvalue weighted by Crippen LogP contribution is -2.14. The van der Waals surface area contributed by atoms with E-state index in [9.17, 15) is 4.79 Å². The van der Waals surface area contributed by atoms with E-state index in [1.54, 1.807) is 18.2 Å². The van der Waals surface area contributed by atoms with Crippen LogP contribution in [0.3, 0.4) is 0 Å². The van der Waals surface area contributed by atoms with Crippen molar-refractivity contribution in [1.29, 1.82) is 0 Å². The van der Waals surface area contributed by atoms with E-state index >= 15 is 0 Å². The second kappa shape index (κ2) is 7.24. The van der Waals surface area contributed by atoms with Crippen molar-refractivity contribution >= 4 is 21.8 Å². The van der Waals surface area contributed by atoms with E-state index in [-0.39, 0.29) is 0 Å². The van der Waals surface area contributed by atoms with Crippen LogP contribution in [-0.2, 0) is 6.54 Å². The lowest BCUT2D eigenvalue weighted by atomic mass is 10.1. The molecule has 0 saturated carbocycles. The van der Waals surface area contributed by atoms with Crippen LogP contribution in [0.1, 0.15) is 22.8 Å². The highest BCUT2D eigenvalue weighted by molar-refractivity contribution is 9.10. The number of amides is 1. The fourth-order valence-electron chi connectivity index (χ4n) is 1.91. The maximum absolute atomic E-state index is 11.5. The third kappa shape index (κ3) is 4.06. The first-order chi connectivity index (χ1) is 10.1. The molecule has 3 N–H and O–H groups in total. The summed E-state index contributed by atoms with van der Waals surface area (Å²) in [6.07, 6.45) is 0. The lowest BCUT2D eigenvalue weighted by molar-refractivity contribution is 0.0998. The molecule has 0 fully saturated rings. The molecule has 2 aromatic carbocycles. The highest BCUT2D eigenvalue weighted by Crippen LogP contribution is 2.30. The van der Waals surface area contributed by atoms with Crippen LogP contribution in [0.15, 0.2) is 46.9 Å². The van der Waals surface area contributed by atoms with Gasteiger partial charge in [-0.3, -0.25) is 4.79 Å². The fraction of sp³-hybridized carbons (Fsp3) is 0.188. The fourth-order valence-corrected chi connectivity index (χ4v) is 2.25. The van der Waals surface area contributed by atoms with E-state index in [2.05, 4.69) is 21.2 Å². The molecule has 0 atom stereocenters. The van der Waals surface area contributed by atoms with Crippen molar-refractivity contribution in [1.82, 2.24) is 5.32 Å². The number of hydrogen-bond donors (Lipinski definition) is 2. The minimum absolute atomic E-state index is 0.367. The second-order valence-corrected chi connectivity index (χ2v) is 5.41. The Hall–Kier alpha value is -1.85. The number of nitrogens with one attached hydrogen (secondary N) is 1. The highest BCUT2D eigenvalue weighted by atomic mass is 79.9. The minimum atomic E-state index is -0.506. The lowest BCUT2D eigenvalue weighted by Gasteiger charge is -2.14. The van der Waals surface area contributed by atoms with Crippen LogP contribution < -0.4 is 15.8 Å². The van der Waals surface area contributed by atoms with Gasteiger partial charge in [0.15, 0.2) is 0 Å². The van der Waals surface area contributed by atoms with Gasteiger partial charge in [-0.05, 0) is 30.8 Å². The summed E-state index contributed by atoms with van der Waals surface area (Å²) < 4.78 is 6.82. The Morgan fingerprint density at radius 1 is 1.24 bits per heavy atom. The summed E-state index contributed by atoms with van der Waals surface area (Å²) in [5.74, 6) is 0.647. The molecule has 0 saturated heterocycles. The molecule has 2 aromatic rings. The van der Waals surface area contributed by atoms with Crippen LogP contribution >= 0.6 is 15.9 Å². The average molecular weight is 349 g/mol. The van der Waals surface area contributed by atoms with Gasteiger partial charge in [-0.25, -0.2) is 0 Å². The summed E-state index contributed by atoms with van der Waals surface area (Å²) in [4.78, 5) is 11.5. The largest absolute Gasteiger partial charge is 0.456 e. The van der Waals surface area contributed by atoms with Crippen molar-refractivity contribution < 1.29 is 9.53 Å². The molecule has 0 aliphatic heterocycles. The van der Waals surface area contributed by atoms with Crippen LogP contribution in [0.5, 0.6) is 11.5 Å². The molecule has 5 heteroatoms. The molecule has 0 unspecified atom stereocenters. The average Bonchev–Trinajstić information content (AvgIpc) is 2.47. The van der Waals surface area contributed by atoms with Crippen molar-refractivity contribution in [3.8, 4) is 11.5 Å². The standard InChI is InChI=1S/C16H17BrN2O2/c1-2-19-10-11-7-8-12(17)9-15(11)21-14-6-4-3-5-13(14)16(18)20/h3-9,19H,2,10H2,1H3,(H2,18,20). The van der Waals surface area contributed by atoms with E-state index in [4.69, 9.17) is 10.5 Å². The maximum Gasteiger partial charge on any atom is 0.252 e. The van der Waals surface area contributed by atoms with Gasteiger partial charge in [-0.2, -0.15) is 0 Å². The summed E-state index contributed by atoms with van der Waals surface area (Å²) in [7, 11) is 0. The first-order valence-electron chi connectivity index (χ1n) is 6.67. The van der Waals surface area contributed by atoms with Gasteiger partial charge < -0.3 is 15.8 Å². The molecule has 0 aliphatic rings. The highest BCUT2D eigenvalue weighted by Gasteiger charge is 2.12. The predicted octanol–water partition coefficient (Wildman–Crippen LogP) is 3.45. The Morgan fingerprint density at radius 2 is 2.00 bits per heavy atom. The van der Waals surface area contributed by atoms with Gasteiger partial charge in [0.05, 0.1) is 5.56 Å². The van der Waals surface area contributed by atoms with Crippen molar-refractivity contribution in [2.75, 3.05) is 6.54 Å². The zero-order valence-electron chi connectivity index (χ0n) is 11.7. The normalized spacial score (nSPS) is 10.4. The Bertz CT molecular complexity index is 644. The number of ether oxygens (including phenoxy) is 1. The van der Waals surface area contributed by atoms with Gasteiger partial charge in [-0.1, -0.05) is 41.1 Å². The number of hydrogen-bond acceptors (Lipinski definition) is 3. The summed E-state index contributed by atoms with van der Waals surface area (Å²) in [6, 6.07) is 12.8. The zero-order valence-corrected chi connectivity index (χ0v) is 13.3. The molecule has 0 spiro atoms. The van der Waals surface area contributed by atoms with Crippen molar-refractivity contribution in [2.45, 2.75) is 13.5 Å². The molecule has 0 aromatic heterocycles. The summed E-state index contributed by atoms with van der Waals surface area (Å²) in [6.45, 7) is 3.60. The molecule has 4 nitrogen and oxygen atoms in total. The number of carbonyl (C=O) groups excluding carboxylic acids is 1. The SMILES string of the molecule is CCNCc1ccc(Br)cc1Oc1ccccc1C(N)=O. The first kappa shape index (κ1) is 15.5. The summed E-state index contributed by atoms with van der Waals surface area (Å²) in [5, 5.41) is 3.26. The van der Waals surface area contributed by atoms with Crippen LogP contribution in [0, 0.1) is 0 Å². The Morgan fingerprint density at radius 3 is 2.71 bits per heavy atom. The Labute approximate surface area is 132 Å². The Kier molecular flexibility index (Phi) is 5.36. The Balaban J connectivity index is 2.34. The minimum Gasteiger partial charge on any atom is -0.456 e. The van der Waals surface area contributed by atoms with E-state index in [0.29, 0.717) is 23.6 Å². The van der Waals surface area contributed by atoms with Gasteiger partial charge in [0, 0.05) is 16.6 Å². The van der Waals surface area contributed by atoms with E-state index in [1.807, 2.05) is 31.2 Å². The maximum atomic E-state index is 11.5. The summed E-state index contributed by atoms with van der Waals surface area (Å²) in [5.41, 5.74) is 6.76. The third-order valence-corrected chi connectivity index (χ3v) is 3.46. The van der Waals surface area contributed by atoms with Crippen LogP contribution in [-0.4, -0.2) is 12.5 Å². The van der Waals surface area contributed by atoms with Crippen LogP contribution in [0.2, 0.25) is 0 Å². The molecule has 0 aliphatic carbocycles. The van der Waals surface area contributed by atoms with Gasteiger partial charge in [0.25, 0.3) is 5.91 Å². The van der Waals surface area contributed by atoms with Gasteiger partial charge in [-0.15, -0.1) is 0 Å². The number of benzene rings is 2. The molecule has 21 heavy (non-hydrogen) atoms. The molecule has 0 radical (unpaired) electrons. The zero-order chi connectivity index (χ0) is 15.2. The molecule has 2 rings (SSSR count). The quantitative estimate of drug-likeness (QED) is 0.840. The monoisotopic (exact) mass is 348 g/mol. The first-order valence-corrected chi connectivity index (χ1v) is 7.47. The van der Waals surface area contributed by atoms with Crippen LogP contribution in [0.25, 0.3) is 0 Å². The third-order valence-electron chi connectivity index (χ3n) is 2.97. The topological polar surface area (TPSA) is 64.3 Å². The van der Waals surface area contributed by atoms with Crippen LogP contribution in [0.4, 0.5) is 0 Å². The molecular formula is C16H17BrN2O2. The number of para-hydroxylation sites is 1. The van der Waals surface area contributed by atoms with Gasteiger partial charge in [0.2, 0.25) is 0 Å². The molecule has 1 amide bonds. The summed E-state index contributed by atoms with van der Waals surface area (Å²) >= 11 is 3.43. The van der Waals surface area contributed by atoms with E-state index in [1.165, 1.54) is 0 Å².